The zero-order valence-corrected chi connectivity index (χ0v) is 17.5. The van der Waals surface area contributed by atoms with E-state index in [1.807, 2.05) is 6.92 Å². The molecule has 3 amide bonds. The summed E-state index contributed by atoms with van der Waals surface area (Å²) in [5, 5.41) is 25.5. The van der Waals surface area contributed by atoms with Gasteiger partial charge in [0.1, 0.15) is 24.2 Å². The lowest BCUT2D eigenvalue weighted by atomic mass is 9.96. The Bertz CT molecular complexity index is 560. The van der Waals surface area contributed by atoms with E-state index in [1.54, 1.807) is 20.8 Å². The van der Waals surface area contributed by atoms with Crippen LogP contribution in [-0.4, -0.2) is 70.4 Å². The molecule has 0 spiro atoms. The van der Waals surface area contributed by atoms with E-state index in [1.165, 1.54) is 0 Å². The van der Waals surface area contributed by atoms with Crippen LogP contribution >= 0.6 is 12.6 Å². The van der Waals surface area contributed by atoms with Crippen molar-refractivity contribution in [2.24, 2.45) is 17.6 Å². The molecule has 0 aromatic carbocycles. The first kappa shape index (κ1) is 26.1. The van der Waals surface area contributed by atoms with Crippen molar-refractivity contribution in [2.45, 2.75) is 58.3 Å². The van der Waals surface area contributed by atoms with Crippen molar-refractivity contribution in [2.75, 3.05) is 12.4 Å². The second-order valence-electron chi connectivity index (χ2n) is 6.97. The molecule has 0 bridgehead atoms. The quantitative estimate of drug-likeness (QED) is 0.188. The number of carboxylic acid groups (broad SMARTS) is 1. The van der Waals surface area contributed by atoms with Crippen LogP contribution in [0.2, 0.25) is 0 Å². The lowest BCUT2D eigenvalue weighted by Gasteiger charge is -2.28. The van der Waals surface area contributed by atoms with Crippen LogP contribution in [0.3, 0.4) is 0 Å². The molecule has 0 aliphatic heterocycles. The fraction of sp³-hybridized carbons (Fsp3) is 0.765. The predicted molar refractivity (Wildman–Crippen MR) is 107 cm³/mol. The molecule has 7 N–H and O–H groups in total. The molecule has 0 heterocycles. The first-order chi connectivity index (χ1) is 13.0. The highest BCUT2D eigenvalue weighted by molar-refractivity contribution is 7.80. The van der Waals surface area contributed by atoms with Crippen molar-refractivity contribution in [1.29, 1.82) is 0 Å². The van der Waals surface area contributed by atoms with Gasteiger partial charge < -0.3 is 31.9 Å². The average Bonchev–Trinajstić information content (AvgIpc) is 2.65. The van der Waals surface area contributed by atoms with E-state index in [0.29, 0.717) is 6.42 Å². The van der Waals surface area contributed by atoms with Crippen LogP contribution in [0.15, 0.2) is 0 Å². The molecule has 5 atom stereocenters. The number of nitrogens with one attached hydrogen (secondary N) is 3. The third-order valence-electron chi connectivity index (χ3n) is 4.37. The summed E-state index contributed by atoms with van der Waals surface area (Å²) in [6.45, 7) is 6.30. The Labute approximate surface area is 170 Å². The van der Waals surface area contributed by atoms with Crippen LogP contribution in [0.4, 0.5) is 0 Å². The minimum absolute atomic E-state index is 0.0612. The van der Waals surface area contributed by atoms with Gasteiger partial charge in [0.25, 0.3) is 0 Å². The van der Waals surface area contributed by atoms with E-state index in [2.05, 4.69) is 28.6 Å². The Morgan fingerprint density at radius 1 is 0.964 bits per heavy atom. The van der Waals surface area contributed by atoms with Crippen LogP contribution < -0.4 is 21.7 Å². The van der Waals surface area contributed by atoms with E-state index < -0.39 is 54.5 Å². The molecule has 10 nitrogen and oxygen atoms in total. The first-order valence-corrected chi connectivity index (χ1v) is 9.74. The number of carbonyl (C=O) groups excluding carboxylic acids is 3. The summed E-state index contributed by atoms with van der Waals surface area (Å²) in [4.78, 5) is 48.3. The third-order valence-corrected chi connectivity index (χ3v) is 4.74. The SMILES string of the molecule is CCC(C)C(NC(=O)C(CS)NC(=O)C(N)CO)C(=O)NC(C(=O)O)C(C)C. The minimum Gasteiger partial charge on any atom is -0.480 e. The number of carbonyl (C=O) groups is 4. The van der Waals surface area contributed by atoms with Crippen LogP contribution in [0.1, 0.15) is 34.1 Å². The van der Waals surface area contributed by atoms with Gasteiger partial charge in [-0.05, 0) is 11.8 Å². The Kier molecular flexibility index (Phi) is 11.7. The van der Waals surface area contributed by atoms with Gasteiger partial charge in [-0.1, -0.05) is 34.1 Å². The second-order valence-corrected chi connectivity index (χ2v) is 7.34. The van der Waals surface area contributed by atoms with Crippen molar-refractivity contribution in [3.63, 3.8) is 0 Å². The topological polar surface area (TPSA) is 171 Å². The molecule has 0 rings (SSSR count). The summed E-state index contributed by atoms with van der Waals surface area (Å²) in [5.41, 5.74) is 5.41. The van der Waals surface area contributed by atoms with Gasteiger partial charge >= 0.3 is 5.97 Å². The summed E-state index contributed by atoms with van der Waals surface area (Å²) in [7, 11) is 0. The normalized spacial score (nSPS) is 16.4. The van der Waals surface area contributed by atoms with Crippen molar-refractivity contribution < 1.29 is 29.4 Å². The minimum atomic E-state index is -1.19. The number of thiol groups is 1. The molecule has 162 valence electrons. The molecule has 0 saturated carbocycles. The third kappa shape index (κ3) is 8.03. The Balaban J connectivity index is 5.30. The van der Waals surface area contributed by atoms with Crippen molar-refractivity contribution in [3.8, 4) is 0 Å². The number of nitrogens with two attached hydrogens (primary N) is 1. The largest absolute Gasteiger partial charge is 0.480 e. The lowest BCUT2D eigenvalue weighted by Crippen LogP contribution is -2.59. The van der Waals surface area contributed by atoms with E-state index >= 15 is 0 Å². The predicted octanol–water partition coefficient (Wildman–Crippen LogP) is -1.52. The molecule has 0 aromatic heterocycles. The number of rotatable bonds is 12. The number of aliphatic hydroxyl groups excluding tert-OH is 1. The first-order valence-electron chi connectivity index (χ1n) is 9.11. The Hall–Kier alpha value is -1.85. The lowest BCUT2D eigenvalue weighted by molar-refractivity contribution is -0.144. The van der Waals surface area contributed by atoms with Gasteiger partial charge in [-0.3, -0.25) is 14.4 Å². The smallest absolute Gasteiger partial charge is 0.326 e. The highest BCUT2D eigenvalue weighted by Crippen LogP contribution is 2.11. The van der Waals surface area contributed by atoms with Gasteiger partial charge in [-0.15, -0.1) is 0 Å². The maximum absolute atomic E-state index is 12.6. The summed E-state index contributed by atoms with van der Waals surface area (Å²) in [6, 6.07) is -4.36. The molecule has 0 saturated heterocycles. The zero-order chi connectivity index (χ0) is 22.0. The zero-order valence-electron chi connectivity index (χ0n) is 16.6. The van der Waals surface area contributed by atoms with Crippen molar-refractivity contribution in [3.05, 3.63) is 0 Å². The maximum Gasteiger partial charge on any atom is 0.326 e. The Morgan fingerprint density at radius 3 is 1.89 bits per heavy atom. The van der Waals surface area contributed by atoms with Crippen molar-refractivity contribution in [1.82, 2.24) is 16.0 Å². The van der Waals surface area contributed by atoms with Gasteiger partial charge in [0.2, 0.25) is 17.7 Å². The number of aliphatic carboxylic acids is 1. The molecule has 0 aliphatic carbocycles. The van der Waals surface area contributed by atoms with Crippen LogP contribution in [0.5, 0.6) is 0 Å². The van der Waals surface area contributed by atoms with E-state index in [9.17, 15) is 24.3 Å². The van der Waals surface area contributed by atoms with Crippen LogP contribution in [0, 0.1) is 11.8 Å². The van der Waals surface area contributed by atoms with E-state index in [-0.39, 0.29) is 17.6 Å². The molecule has 28 heavy (non-hydrogen) atoms. The Morgan fingerprint density at radius 2 is 1.50 bits per heavy atom. The van der Waals surface area contributed by atoms with Crippen LogP contribution in [-0.2, 0) is 19.2 Å². The fourth-order valence-electron chi connectivity index (χ4n) is 2.27. The van der Waals surface area contributed by atoms with E-state index in [0.717, 1.165) is 0 Å². The molecular formula is C17H32N4O6S. The van der Waals surface area contributed by atoms with Gasteiger partial charge in [-0.2, -0.15) is 12.6 Å². The summed E-state index contributed by atoms with van der Waals surface area (Å²) in [5.74, 6) is -3.89. The summed E-state index contributed by atoms with van der Waals surface area (Å²) < 4.78 is 0. The molecule has 0 fully saturated rings. The number of amides is 3. The number of hydrogen-bond donors (Lipinski definition) is 7. The number of carboxylic acids is 1. The number of aliphatic hydroxyl groups is 1. The molecule has 0 radical (unpaired) electrons. The highest BCUT2D eigenvalue weighted by Gasteiger charge is 2.33. The fourth-order valence-corrected chi connectivity index (χ4v) is 2.53. The van der Waals surface area contributed by atoms with Gasteiger partial charge in [0, 0.05) is 5.75 Å². The standard InChI is InChI=1S/C17H32N4O6S/c1-5-9(4)13(16(25)20-12(8(2)3)17(26)27)21-15(24)11(7-28)19-14(23)10(18)6-22/h8-13,22,28H,5-7,18H2,1-4H3,(H,19,23)(H,20,25)(H,21,24)(H,26,27). The summed E-state index contributed by atoms with van der Waals surface area (Å²) in [6.07, 6.45) is 0.547. The van der Waals surface area contributed by atoms with E-state index in [4.69, 9.17) is 10.8 Å². The number of hydrogen-bond acceptors (Lipinski definition) is 7. The van der Waals surface area contributed by atoms with Crippen molar-refractivity contribution >= 4 is 36.3 Å². The second kappa shape index (κ2) is 12.6. The molecular weight excluding hydrogens is 388 g/mol. The molecule has 5 unspecified atom stereocenters. The van der Waals surface area contributed by atoms with Gasteiger partial charge in [-0.25, -0.2) is 4.79 Å². The molecule has 11 heteroatoms. The van der Waals surface area contributed by atoms with Crippen LogP contribution in [0.25, 0.3) is 0 Å². The highest BCUT2D eigenvalue weighted by atomic mass is 32.1. The van der Waals surface area contributed by atoms with Gasteiger partial charge in [0.05, 0.1) is 6.61 Å². The summed E-state index contributed by atoms with van der Waals surface area (Å²) >= 11 is 4.03. The average molecular weight is 421 g/mol. The molecule has 0 aliphatic rings. The molecule has 0 aromatic rings. The monoisotopic (exact) mass is 420 g/mol. The van der Waals surface area contributed by atoms with Gasteiger partial charge in [0.15, 0.2) is 0 Å². The maximum atomic E-state index is 12.6.